The van der Waals surface area contributed by atoms with Crippen molar-refractivity contribution in [1.29, 1.82) is 0 Å². The third-order valence-electron chi connectivity index (χ3n) is 3.46. The molecule has 2 heterocycles. The van der Waals surface area contributed by atoms with Gasteiger partial charge in [-0.15, -0.1) is 6.42 Å². The molecule has 1 aliphatic rings. The van der Waals surface area contributed by atoms with Gasteiger partial charge in [0.2, 0.25) is 5.91 Å². The normalized spacial score (nSPS) is 16.8. The lowest BCUT2D eigenvalue weighted by atomic mass is 9.96. The van der Waals surface area contributed by atoms with E-state index in [1.165, 1.54) is 0 Å². The fraction of sp³-hybridized carbons (Fsp3) is 0.467. The average molecular weight is 257 g/mol. The fourth-order valence-electron chi connectivity index (χ4n) is 2.32. The Morgan fingerprint density at radius 3 is 2.95 bits per heavy atom. The van der Waals surface area contributed by atoms with E-state index in [0.29, 0.717) is 13.1 Å². The van der Waals surface area contributed by atoms with Gasteiger partial charge in [0.05, 0.1) is 6.54 Å². The lowest BCUT2D eigenvalue weighted by Gasteiger charge is -2.29. The molecule has 0 unspecified atom stereocenters. The molecule has 4 heteroatoms. The van der Waals surface area contributed by atoms with Crippen molar-refractivity contribution >= 4 is 5.91 Å². The van der Waals surface area contributed by atoms with Gasteiger partial charge >= 0.3 is 0 Å². The van der Waals surface area contributed by atoms with Crippen LogP contribution in [0.2, 0.25) is 0 Å². The van der Waals surface area contributed by atoms with Gasteiger partial charge < -0.3 is 5.32 Å². The van der Waals surface area contributed by atoms with Crippen LogP contribution in [-0.4, -0.2) is 35.4 Å². The van der Waals surface area contributed by atoms with Gasteiger partial charge in [0.1, 0.15) is 0 Å². The number of hydrogen-bond donors (Lipinski definition) is 1. The summed E-state index contributed by atoms with van der Waals surface area (Å²) in [6.07, 6.45) is 10.6. The molecule has 0 aromatic carbocycles. The van der Waals surface area contributed by atoms with Crippen LogP contribution >= 0.6 is 0 Å². The van der Waals surface area contributed by atoms with Crippen molar-refractivity contribution in [2.45, 2.75) is 19.4 Å². The summed E-state index contributed by atoms with van der Waals surface area (Å²) in [7, 11) is 0. The average Bonchev–Trinajstić information content (AvgIpc) is 2.47. The fourth-order valence-corrected chi connectivity index (χ4v) is 2.32. The summed E-state index contributed by atoms with van der Waals surface area (Å²) in [4.78, 5) is 18.3. The minimum Gasteiger partial charge on any atom is -0.352 e. The van der Waals surface area contributed by atoms with E-state index in [2.05, 4.69) is 21.1 Å². The highest BCUT2D eigenvalue weighted by atomic mass is 16.1. The first kappa shape index (κ1) is 13.6. The Balaban J connectivity index is 1.74. The predicted molar refractivity (Wildman–Crippen MR) is 74.1 cm³/mol. The zero-order valence-electron chi connectivity index (χ0n) is 11.0. The molecule has 0 spiro atoms. The number of nitrogens with one attached hydrogen (secondary N) is 1. The number of terminal acetylenes is 1. The van der Waals surface area contributed by atoms with Gasteiger partial charge in [-0.05, 0) is 37.6 Å². The Morgan fingerprint density at radius 1 is 1.53 bits per heavy atom. The topological polar surface area (TPSA) is 45.2 Å². The second kappa shape index (κ2) is 6.91. The number of carbonyl (C=O) groups excluding carboxylic acids is 1. The van der Waals surface area contributed by atoms with Crippen molar-refractivity contribution in [3.8, 4) is 12.3 Å². The molecule has 0 bridgehead atoms. The lowest BCUT2D eigenvalue weighted by Crippen LogP contribution is -2.40. The van der Waals surface area contributed by atoms with E-state index in [9.17, 15) is 4.79 Å². The standard InChI is InChI=1S/C15H19N3O/c1-2-8-18-9-5-14(6-10-18)15(19)17-12-13-4-3-7-16-11-13/h1,3-4,7,11,14H,5-6,8-10,12H2,(H,17,19). The predicted octanol–water partition coefficient (Wildman–Crippen LogP) is 1.04. The van der Waals surface area contributed by atoms with E-state index in [1.807, 2.05) is 12.1 Å². The molecular weight excluding hydrogens is 238 g/mol. The molecule has 1 fully saturated rings. The van der Waals surface area contributed by atoms with Crippen LogP contribution in [0.15, 0.2) is 24.5 Å². The first-order valence-electron chi connectivity index (χ1n) is 6.62. The molecule has 1 aromatic heterocycles. The Bertz CT molecular complexity index is 444. The van der Waals surface area contributed by atoms with Gasteiger partial charge in [-0.1, -0.05) is 12.0 Å². The molecule has 1 saturated heterocycles. The maximum absolute atomic E-state index is 12.0. The molecule has 19 heavy (non-hydrogen) atoms. The number of aromatic nitrogens is 1. The smallest absolute Gasteiger partial charge is 0.223 e. The second-order valence-electron chi connectivity index (χ2n) is 4.83. The Labute approximate surface area is 114 Å². The third kappa shape index (κ3) is 4.08. The molecule has 1 amide bonds. The van der Waals surface area contributed by atoms with Gasteiger partial charge in [-0.25, -0.2) is 0 Å². The number of pyridine rings is 1. The molecule has 4 nitrogen and oxygen atoms in total. The zero-order chi connectivity index (χ0) is 13.5. The molecule has 0 saturated carbocycles. The van der Waals surface area contributed by atoms with Crippen LogP contribution in [0.4, 0.5) is 0 Å². The number of nitrogens with zero attached hydrogens (tertiary/aromatic N) is 2. The maximum Gasteiger partial charge on any atom is 0.223 e. The number of likely N-dealkylation sites (tertiary alicyclic amines) is 1. The second-order valence-corrected chi connectivity index (χ2v) is 4.83. The summed E-state index contributed by atoms with van der Waals surface area (Å²) >= 11 is 0. The first-order chi connectivity index (χ1) is 9.29. The van der Waals surface area contributed by atoms with Crippen LogP contribution in [0.25, 0.3) is 0 Å². The summed E-state index contributed by atoms with van der Waals surface area (Å²) in [6.45, 7) is 3.06. The molecule has 0 aliphatic carbocycles. The number of rotatable bonds is 4. The number of amides is 1. The Hall–Kier alpha value is -1.86. The van der Waals surface area contributed by atoms with Crippen molar-refractivity contribution in [3.05, 3.63) is 30.1 Å². The lowest BCUT2D eigenvalue weighted by molar-refractivity contribution is -0.126. The van der Waals surface area contributed by atoms with E-state index >= 15 is 0 Å². The summed E-state index contributed by atoms with van der Waals surface area (Å²) in [6, 6.07) is 3.84. The maximum atomic E-state index is 12.0. The van der Waals surface area contributed by atoms with E-state index in [0.717, 1.165) is 31.5 Å². The minimum absolute atomic E-state index is 0.116. The quantitative estimate of drug-likeness (QED) is 0.820. The Kier molecular flexibility index (Phi) is 4.93. The van der Waals surface area contributed by atoms with E-state index in [4.69, 9.17) is 6.42 Å². The van der Waals surface area contributed by atoms with Crippen molar-refractivity contribution in [1.82, 2.24) is 15.2 Å². The van der Waals surface area contributed by atoms with Crippen molar-refractivity contribution in [2.75, 3.05) is 19.6 Å². The number of carbonyl (C=O) groups is 1. The highest BCUT2D eigenvalue weighted by Crippen LogP contribution is 2.17. The van der Waals surface area contributed by atoms with Crippen molar-refractivity contribution in [2.24, 2.45) is 5.92 Å². The molecule has 1 aromatic rings. The van der Waals surface area contributed by atoms with E-state index in [-0.39, 0.29) is 11.8 Å². The summed E-state index contributed by atoms with van der Waals surface area (Å²) in [5, 5.41) is 2.98. The molecule has 2 rings (SSSR count). The largest absolute Gasteiger partial charge is 0.352 e. The number of piperidine rings is 1. The molecule has 0 atom stereocenters. The summed E-state index contributed by atoms with van der Waals surface area (Å²) in [5.74, 6) is 2.91. The van der Waals surface area contributed by atoms with Gasteiger partial charge in [-0.3, -0.25) is 14.7 Å². The SMILES string of the molecule is C#CCN1CCC(C(=O)NCc2cccnc2)CC1. The highest BCUT2D eigenvalue weighted by Gasteiger charge is 2.24. The Morgan fingerprint density at radius 2 is 2.32 bits per heavy atom. The molecule has 0 radical (unpaired) electrons. The monoisotopic (exact) mass is 257 g/mol. The van der Waals surface area contributed by atoms with Crippen molar-refractivity contribution < 1.29 is 4.79 Å². The van der Waals surface area contributed by atoms with Gasteiger partial charge in [0.25, 0.3) is 0 Å². The van der Waals surface area contributed by atoms with Gasteiger partial charge in [-0.2, -0.15) is 0 Å². The molecule has 100 valence electrons. The molecule has 1 aliphatic heterocycles. The highest BCUT2D eigenvalue weighted by molar-refractivity contribution is 5.78. The van der Waals surface area contributed by atoms with Crippen LogP contribution in [0.1, 0.15) is 18.4 Å². The van der Waals surface area contributed by atoms with Crippen LogP contribution in [-0.2, 0) is 11.3 Å². The third-order valence-corrected chi connectivity index (χ3v) is 3.46. The van der Waals surface area contributed by atoms with E-state index < -0.39 is 0 Å². The first-order valence-corrected chi connectivity index (χ1v) is 6.62. The molecule has 1 N–H and O–H groups in total. The number of hydrogen-bond acceptors (Lipinski definition) is 3. The minimum atomic E-state index is 0.116. The molecular formula is C15H19N3O. The van der Waals surface area contributed by atoms with Crippen LogP contribution in [0.3, 0.4) is 0 Å². The van der Waals surface area contributed by atoms with Crippen LogP contribution in [0.5, 0.6) is 0 Å². The zero-order valence-corrected chi connectivity index (χ0v) is 11.0. The van der Waals surface area contributed by atoms with Gasteiger partial charge in [0, 0.05) is 24.9 Å². The van der Waals surface area contributed by atoms with Gasteiger partial charge in [0.15, 0.2) is 0 Å². The van der Waals surface area contributed by atoms with E-state index in [1.54, 1.807) is 12.4 Å². The summed E-state index contributed by atoms with van der Waals surface area (Å²) in [5.41, 5.74) is 1.03. The summed E-state index contributed by atoms with van der Waals surface area (Å²) < 4.78 is 0. The van der Waals surface area contributed by atoms with Crippen molar-refractivity contribution in [3.63, 3.8) is 0 Å². The van der Waals surface area contributed by atoms with Crippen LogP contribution < -0.4 is 5.32 Å². The van der Waals surface area contributed by atoms with Crippen LogP contribution in [0, 0.1) is 18.3 Å².